The lowest BCUT2D eigenvalue weighted by atomic mass is 9.90. The number of nitrogens with one attached hydrogen (secondary N) is 1. The molecule has 0 saturated heterocycles. The normalized spacial score (nSPS) is 17.0. The number of nitrogens with zero attached hydrogens (tertiary/aromatic N) is 2. The van der Waals surface area contributed by atoms with Crippen LogP contribution in [0.5, 0.6) is 5.88 Å². The highest BCUT2D eigenvalue weighted by Gasteiger charge is 2.22. The van der Waals surface area contributed by atoms with Gasteiger partial charge in [-0.2, -0.15) is 13.5 Å². The molecule has 1 aliphatic carbocycles. The summed E-state index contributed by atoms with van der Waals surface area (Å²) in [5.74, 6) is 1.89. The Kier molecular flexibility index (Phi) is 11.7. The molecule has 33 heavy (non-hydrogen) atoms. The Hall–Kier alpha value is -1.61. The first-order valence-corrected chi connectivity index (χ1v) is 14.3. The summed E-state index contributed by atoms with van der Waals surface area (Å²) in [5, 5.41) is 7.29. The summed E-state index contributed by atoms with van der Waals surface area (Å²) in [6, 6.07) is 0. The van der Waals surface area contributed by atoms with E-state index in [0.717, 1.165) is 31.9 Å². The van der Waals surface area contributed by atoms with Gasteiger partial charge < -0.3 is 10.1 Å². The molecule has 0 radical (unpaired) electrons. The van der Waals surface area contributed by atoms with Crippen LogP contribution in [0.1, 0.15) is 88.9 Å². The Morgan fingerprint density at radius 1 is 1.21 bits per heavy atom. The van der Waals surface area contributed by atoms with Gasteiger partial charge in [-0.25, -0.2) is 4.68 Å². The van der Waals surface area contributed by atoms with Crippen molar-refractivity contribution in [2.45, 2.75) is 85.1 Å². The fourth-order valence-electron chi connectivity index (χ4n) is 4.61. The summed E-state index contributed by atoms with van der Waals surface area (Å²) < 4.78 is 35.0. The van der Waals surface area contributed by atoms with Gasteiger partial charge in [-0.05, 0) is 43.4 Å². The van der Waals surface area contributed by atoms with Crippen LogP contribution in [0.4, 0.5) is 0 Å². The number of rotatable bonds is 15. The molecule has 2 rings (SSSR count). The van der Waals surface area contributed by atoms with Gasteiger partial charge >= 0.3 is 0 Å². The number of hydrogen-bond acceptors (Lipinski definition) is 6. The minimum Gasteiger partial charge on any atom is -0.477 e. The molecular weight excluding hydrogens is 442 g/mol. The van der Waals surface area contributed by atoms with Crippen LogP contribution in [0.25, 0.3) is 0 Å². The van der Waals surface area contributed by atoms with Crippen LogP contribution >= 0.6 is 0 Å². The predicted molar refractivity (Wildman–Crippen MR) is 130 cm³/mol. The Balaban J connectivity index is 1.96. The average Bonchev–Trinajstić information content (AvgIpc) is 3.15. The Bertz CT molecular complexity index is 818. The molecule has 1 amide bonds. The van der Waals surface area contributed by atoms with Crippen LogP contribution in [-0.4, -0.2) is 50.1 Å². The number of aromatic nitrogens is 2. The number of amides is 1. The molecule has 1 aliphatic rings. The Morgan fingerprint density at radius 2 is 1.91 bits per heavy atom. The number of carbonyl (C=O) groups is 1. The molecule has 1 aromatic rings. The number of hydrogen-bond donors (Lipinski definition) is 1. The highest BCUT2D eigenvalue weighted by atomic mass is 32.2. The van der Waals surface area contributed by atoms with Gasteiger partial charge in [-0.3, -0.25) is 8.98 Å². The summed E-state index contributed by atoms with van der Waals surface area (Å²) in [7, 11) is -3.54. The van der Waals surface area contributed by atoms with E-state index in [9.17, 15) is 13.2 Å². The van der Waals surface area contributed by atoms with E-state index >= 15 is 0 Å². The van der Waals surface area contributed by atoms with Crippen LogP contribution in [0.3, 0.4) is 0 Å². The molecule has 1 aromatic heterocycles. The molecule has 8 nitrogen and oxygen atoms in total. The second-order valence-corrected chi connectivity index (χ2v) is 11.4. The van der Waals surface area contributed by atoms with Crippen molar-refractivity contribution in [1.82, 2.24) is 15.1 Å². The van der Waals surface area contributed by atoms with Gasteiger partial charge in [0.2, 0.25) is 5.88 Å². The highest BCUT2D eigenvalue weighted by molar-refractivity contribution is 7.85. The summed E-state index contributed by atoms with van der Waals surface area (Å²) in [5.41, 5.74) is 0.386. The zero-order valence-electron chi connectivity index (χ0n) is 20.8. The molecule has 9 heteroatoms. The van der Waals surface area contributed by atoms with Crippen LogP contribution in [0.15, 0.2) is 6.20 Å². The van der Waals surface area contributed by atoms with Crippen molar-refractivity contribution in [2.24, 2.45) is 17.8 Å². The molecule has 2 atom stereocenters. The minimum atomic E-state index is -3.54. The first-order chi connectivity index (χ1) is 15.7. The van der Waals surface area contributed by atoms with Crippen molar-refractivity contribution < 1.29 is 22.1 Å². The zero-order valence-corrected chi connectivity index (χ0v) is 21.7. The van der Waals surface area contributed by atoms with E-state index in [2.05, 4.69) is 31.2 Å². The molecule has 190 valence electrons. The van der Waals surface area contributed by atoms with Crippen molar-refractivity contribution in [3.05, 3.63) is 11.8 Å². The summed E-state index contributed by atoms with van der Waals surface area (Å²) in [6.07, 6.45) is 13.0. The summed E-state index contributed by atoms with van der Waals surface area (Å²) >= 11 is 0. The van der Waals surface area contributed by atoms with Crippen molar-refractivity contribution in [2.75, 3.05) is 26.0 Å². The summed E-state index contributed by atoms with van der Waals surface area (Å²) in [4.78, 5) is 12.9. The van der Waals surface area contributed by atoms with Gasteiger partial charge in [0.15, 0.2) is 0 Å². The van der Waals surface area contributed by atoms with Gasteiger partial charge in [0, 0.05) is 6.54 Å². The molecule has 0 bridgehead atoms. The van der Waals surface area contributed by atoms with Gasteiger partial charge in [0.1, 0.15) is 5.56 Å². The number of carbonyl (C=O) groups excluding carboxylic acids is 1. The van der Waals surface area contributed by atoms with Crippen molar-refractivity contribution in [1.29, 1.82) is 0 Å². The monoisotopic (exact) mass is 485 g/mol. The second kappa shape index (κ2) is 13.9. The maximum Gasteiger partial charge on any atom is 0.264 e. The molecule has 0 aromatic carbocycles. The third kappa shape index (κ3) is 10.5. The lowest BCUT2D eigenvalue weighted by Crippen LogP contribution is -2.27. The van der Waals surface area contributed by atoms with Crippen molar-refractivity contribution in [3.8, 4) is 5.88 Å². The molecule has 1 N–H and O–H groups in total. The molecule has 1 heterocycles. The standard InChI is InChI=1S/C24H43N3O5S/c1-5-9-19(2)16-20(3)12-13-25-23(28)22-17-26-27(14-15-32-33(4,29)30)24(22)31-18-21-10-7-6-8-11-21/h17,19-21H,5-16,18H2,1-4H3,(H,25,28). The lowest BCUT2D eigenvalue weighted by Gasteiger charge is -2.22. The molecule has 1 fully saturated rings. The summed E-state index contributed by atoms with van der Waals surface area (Å²) in [6.45, 7) is 7.99. The maximum atomic E-state index is 12.9. The fourth-order valence-corrected chi connectivity index (χ4v) is 4.99. The zero-order chi connectivity index (χ0) is 24.3. The van der Waals surface area contributed by atoms with Crippen LogP contribution in [0.2, 0.25) is 0 Å². The van der Waals surface area contributed by atoms with Gasteiger partial charge in [-0.1, -0.05) is 52.9 Å². The van der Waals surface area contributed by atoms with E-state index in [4.69, 9.17) is 8.92 Å². The fraction of sp³-hybridized carbons (Fsp3) is 0.833. The average molecular weight is 486 g/mol. The van der Waals surface area contributed by atoms with Crippen LogP contribution in [0, 0.1) is 17.8 Å². The lowest BCUT2D eigenvalue weighted by molar-refractivity contribution is 0.0943. The quantitative estimate of drug-likeness (QED) is 0.370. The van der Waals surface area contributed by atoms with E-state index in [1.54, 1.807) is 0 Å². The van der Waals surface area contributed by atoms with Gasteiger partial charge in [0.25, 0.3) is 16.0 Å². The van der Waals surface area contributed by atoms with E-state index in [-0.39, 0.29) is 19.1 Å². The van der Waals surface area contributed by atoms with Crippen molar-refractivity contribution >= 4 is 16.0 Å². The molecule has 1 saturated carbocycles. The largest absolute Gasteiger partial charge is 0.477 e. The SMILES string of the molecule is CCCC(C)CC(C)CCNC(=O)c1cnn(CCOS(C)(=O)=O)c1OCC1CCCCC1. The molecule has 0 spiro atoms. The number of ether oxygens (including phenoxy) is 1. The minimum absolute atomic E-state index is 0.0607. The molecule has 0 aliphatic heterocycles. The topological polar surface area (TPSA) is 99.5 Å². The third-order valence-electron chi connectivity index (χ3n) is 6.33. The van der Waals surface area contributed by atoms with Crippen LogP contribution < -0.4 is 10.1 Å². The Labute approximate surface area is 199 Å². The first kappa shape index (κ1) is 27.6. The van der Waals surface area contributed by atoms with E-state index in [1.807, 2.05) is 0 Å². The van der Waals surface area contributed by atoms with Crippen molar-refractivity contribution in [3.63, 3.8) is 0 Å². The van der Waals surface area contributed by atoms with E-state index < -0.39 is 10.1 Å². The third-order valence-corrected chi connectivity index (χ3v) is 6.92. The van der Waals surface area contributed by atoms with Gasteiger partial charge in [0.05, 0.1) is 32.2 Å². The van der Waals surface area contributed by atoms with Crippen LogP contribution in [-0.2, 0) is 20.8 Å². The predicted octanol–water partition coefficient (Wildman–Crippen LogP) is 4.40. The van der Waals surface area contributed by atoms with E-state index in [0.29, 0.717) is 42.3 Å². The second-order valence-electron chi connectivity index (χ2n) is 9.71. The van der Waals surface area contributed by atoms with Gasteiger partial charge in [-0.15, -0.1) is 0 Å². The smallest absolute Gasteiger partial charge is 0.264 e. The molecule has 2 unspecified atom stereocenters. The highest BCUT2D eigenvalue weighted by Crippen LogP contribution is 2.26. The maximum absolute atomic E-state index is 12.9. The van der Waals surface area contributed by atoms with E-state index in [1.165, 1.54) is 43.0 Å². The first-order valence-electron chi connectivity index (χ1n) is 12.5. The molecular formula is C24H43N3O5S. The Morgan fingerprint density at radius 3 is 2.58 bits per heavy atom.